The standard InChI is InChI=1S/C22H24N4O2/c1-28-20-8-3-2-6-17(20)14-21(27)26-13-5-4-7-19(26)22-18(15-24-25-22)16-9-11-23-12-10-16/h2-3,6,8-12,15,19H,4-5,7,13-14H2,1H3,(H,24,25)/t19-/m0/s1. The highest BCUT2D eigenvalue weighted by molar-refractivity contribution is 5.80. The Morgan fingerprint density at radius 3 is 2.86 bits per heavy atom. The van der Waals surface area contributed by atoms with Crippen molar-refractivity contribution in [2.24, 2.45) is 0 Å². The van der Waals surface area contributed by atoms with E-state index in [0.29, 0.717) is 6.42 Å². The third-order valence-electron chi connectivity index (χ3n) is 5.35. The van der Waals surface area contributed by atoms with E-state index in [1.54, 1.807) is 19.5 Å². The molecule has 3 aromatic rings. The zero-order chi connectivity index (χ0) is 19.3. The fourth-order valence-electron chi connectivity index (χ4n) is 3.96. The number of amides is 1. The molecule has 0 spiro atoms. The molecule has 1 N–H and O–H groups in total. The molecule has 4 rings (SSSR count). The lowest BCUT2D eigenvalue weighted by Crippen LogP contribution is -2.39. The van der Waals surface area contributed by atoms with Crippen molar-refractivity contribution in [1.82, 2.24) is 20.1 Å². The molecule has 144 valence electrons. The van der Waals surface area contributed by atoms with Crippen molar-refractivity contribution in [3.8, 4) is 16.9 Å². The number of H-pyrrole nitrogens is 1. The average molecular weight is 376 g/mol. The van der Waals surface area contributed by atoms with Gasteiger partial charge in [-0.1, -0.05) is 18.2 Å². The number of pyridine rings is 1. The van der Waals surface area contributed by atoms with Crippen molar-refractivity contribution in [2.75, 3.05) is 13.7 Å². The first-order chi connectivity index (χ1) is 13.8. The number of nitrogens with zero attached hydrogens (tertiary/aromatic N) is 3. The van der Waals surface area contributed by atoms with Crippen LogP contribution in [-0.2, 0) is 11.2 Å². The number of para-hydroxylation sites is 1. The number of carbonyl (C=O) groups excluding carboxylic acids is 1. The molecule has 1 aliphatic rings. The van der Waals surface area contributed by atoms with Gasteiger partial charge in [0.2, 0.25) is 5.91 Å². The molecule has 0 radical (unpaired) electrons. The lowest BCUT2D eigenvalue weighted by atomic mass is 9.94. The SMILES string of the molecule is COc1ccccc1CC(=O)N1CCCC[C@H]1c1[nH]ncc1-c1ccncc1. The van der Waals surface area contributed by atoms with Crippen LogP contribution < -0.4 is 4.74 Å². The number of benzene rings is 1. The van der Waals surface area contributed by atoms with E-state index in [2.05, 4.69) is 15.2 Å². The molecule has 1 aliphatic heterocycles. The smallest absolute Gasteiger partial charge is 0.227 e. The number of rotatable bonds is 5. The molecule has 6 nitrogen and oxygen atoms in total. The van der Waals surface area contributed by atoms with Gasteiger partial charge in [-0.25, -0.2) is 0 Å². The van der Waals surface area contributed by atoms with E-state index in [-0.39, 0.29) is 11.9 Å². The topological polar surface area (TPSA) is 71.1 Å². The number of methoxy groups -OCH3 is 1. The minimum absolute atomic E-state index is 0.00150. The molecule has 1 atom stereocenters. The number of hydrogen-bond donors (Lipinski definition) is 1. The molecule has 28 heavy (non-hydrogen) atoms. The van der Waals surface area contributed by atoms with Crippen LogP contribution in [0.5, 0.6) is 5.75 Å². The minimum atomic E-state index is 0.00150. The van der Waals surface area contributed by atoms with Crippen molar-refractivity contribution in [1.29, 1.82) is 0 Å². The summed E-state index contributed by atoms with van der Waals surface area (Å²) in [6.07, 6.45) is 8.76. The van der Waals surface area contributed by atoms with Gasteiger partial charge in [-0.15, -0.1) is 0 Å². The molecule has 6 heteroatoms. The van der Waals surface area contributed by atoms with Crippen molar-refractivity contribution in [3.05, 3.63) is 66.2 Å². The Morgan fingerprint density at radius 1 is 1.21 bits per heavy atom. The fraction of sp³-hybridized carbons (Fsp3) is 0.318. The van der Waals surface area contributed by atoms with Gasteiger partial charge in [-0.3, -0.25) is 14.9 Å². The number of hydrogen-bond acceptors (Lipinski definition) is 4. The summed E-state index contributed by atoms with van der Waals surface area (Å²) in [4.78, 5) is 19.3. The van der Waals surface area contributed by atoms with E-state index in [4.69, 9.17) is 4.74 Å². The van der Waals surface area contributed by atoms with Crippen LogP contribution in [0.1, 0.15) is 36.6 Å². The quantitative estimate of drug-likeness (QED) is 0.736. The second kappa shape index (κ2) is 8.25. The molecule has 1 aromatic carbocycles. The van der Waals surface area contributed by atoms with E-state index in [1.807, 2.05) is 47.5 Å². The van der Waals surface area contributed by atoms with Crippen LogP contribution in [0, 0.1) is 0 Å². The summed E-state index contributed by atoms with van der Waals surface area (Å²) in [5.41, 5.74) is 4.00. The highest BCUT2D eigenvalue weighted by Gasteiger charge is 2.31. The summed E-state index contributed by atoms with van der Waals surface area (Å²) < 4.78 is 5.42. The van der Waals surface area contributed by atoms with Crippen LogP contribution >= 0.6 is 0 Å². The Kier molecular flexibility index (Phi) is 5.37. The lowest BCUT2D eigenvalue weighted by molar-refractivity contribution is -0.134. The number of carbonyl (C=O) groups is 1. The molecule has 1 saturated heterocycles. The Hall–Kier alpha value is -3.15. The van der Waals surface area contributed by atoms with E-state index in [0.717, 1.165) is 53.9 Å². The van der Waals surface area contributed by atoms with Crippen LogP contribution in [0.15, 0.2) is 55.0 Å². The van der Waals surface area contributed by atoms with Gasteiger partial charge >= 0.3 is 0 Å². The second-order valence-electron chi connectivity index (χ2n) is 7.02. The number of aromatic amines is 1. The first kappa shape index (κ1) is 18.2. The predicted molar refractivity (Wildman–Crippen MR) is 107 cm³/mol. The monoisotopic (exact) mass is 376 g/mol. The Bertz CT molecular complexity index is 938. The molecule has 3 heterocycles. The Morgan fingerprint density at radius 2 is 2.04 bits per heavy atom. The Labute approximate surface area is 164 Å². The predicted octanol–water partition coefficient (Wildman–Crippen LogP) is 3.78. The summed E-state index contributed by atoms with van der Waals surface area (Å²) in [6.45, 7) is 0.757. The van der Waals surface area contributed by atoms with E-state index >= 15 is 0 Å². The summed E-state index contributed by atoms with van der Waals surface area (Å²) in [5, 5.41) is 7.43. The van der Waals surface area contributed by atoms with Gasteiger partial charge in [0.25, 0.3) is 0 Å². The number of piperidine rings is 1. The van der Waals surface area contributed by atoms with Crippen LogP contribution in [0.25, 0.3) is 11.1 Å². The first-order valence-electron chi connectivity index (χ1n) is 9.63. The van der Waals surface area contributed by atoms with Gasteiger partial charge in [0, 0.05) is 30.1 Å². The first-order valence-corrected chi connectivity index (χ1v) is 9.63. The number of likely N-dealkylation sites (tertiary alicyclic amines) is 1. The van der Waals surface area contributed by atoms with Gasteiger partial charge in [-0.2, -0.15) is 5.10 Å². The summed E-state index contributed by atoms with van der Waals surface area (Å²) >= 11 is 0. The van der Waals surface area contributed by atoms with Gasteiger partial charge in [0.1, 0.15) is 5.75 Å². The molecule has 2 aromatic heterocycles. The van der Waals surface area contributed by atoms with Gasteiger partial charge in [-0.05, 0) is 43.0 Å². The molecule has 1 amide bonds. The molecular formula is C22H24N4O2. The molecule has 0 unspecified atom stereocenters. The largest absolute Gasteiger partial charge is 0.496 e. The van der Waals surface area contributed by atoms with E-state index in [1.165, 1.54) is 0 Å². The lowest BCUT2D eigenvalue weighted by Gasteiger charge is -2.36. The zero-order valence-electron chi connectivity index (χ0n) is 16.0. The van der Waals surface area contributed by atoms with Crippen molar-refractivity contribution < 1.29 is 9.53 Å². The van der Waals surface area contributed by atoms with E-state index < -0.39 is 0 Å². The minimum Gasteiger partial charge on any atom is -0.496 e. The maximum Gasteiger partial charge on any atom is 0.227 e. The van der Waals surface area contributed by atoms with Crippen molar-refractivity contribution in [3.63, 3.8) is 0 Å². The maximum atomic E-state index is 13.2. The third-order valence-corrected chi connectivity index (χ3v) is 5.35. The Balaban J connectivity index is 1.61. The van der Waals surface area contributed by atoms with Gasteiger partial charge in [0.05, 0.1) is 31.5 Å². The van der Waals surface area contributed by atoms with E-state index in [9.17, 15) is 4.79 Å². The molecule has 0 aliphatic carbocycles. The zero-order valence-corrected chi connectivity index (χ0v) is 16.0. The third kappa shape index (κ3) is 3.63. The summed E-state index contributed by atoms with van der Waals surface area (Å²) in [6, 6.07) is 11.6. The highest BCUT2D eigenvalue weighted by Crippen LogP contribution is 2.36. The maximum absolute atomic E-state index is 13.2. The number of nitrogens with one attached hydrogen (secondary N) is 1. The average Bonchev–Trinajstić information content (AvgIpc) is 3.24. The number of ether oxygens (including phenoxy) is 1. The number of aromatic nitrogens is 3. The van der Waals surface area contributed by atoms with Crippen molar-refractivity contribution >= 4 is 5.91 Å². The second-order valence-corrected chi connectivity index (χ2v) is 7.02. The highest BCUT2D eigenvalue weighted by atomic mass is 16.5. The fourth-order valence-corrected chi connectivity index (χ4v) is 3.96. The van der Waals surface area contributed by atoms with Crippen LogP contribution in [0.3, 0.4) is 0 Å². The molecule has 1 fully saturated rings. The van der Waals surface area contributed by atoms with Crippen LogP contribution in [0.2, 0.25) is 0 Å². The molecule has 0 saturated carbocycles. The van der Waals surface area contributed by atoms with Crippen LogP contribution in [0.4, 0.5) is 0 Å². The summed E-state index contributed by atoms with van der Waals surface area (Å²) in [7, 11) is 1.64. The normalized spacial score (nSPS) is 16.8. The van der Waals surface area contributed by atoms with Crippen LogP contribution in [-0.4, -0.2) is 39.6 Å². The van der Waals surface area contributed by atoms with Gasteiger partial charge in [0.15, 0.2) is 0 Å². The summed E-state index contributed by atoms with van der Waals surface area (Å²) in [5.74, 6) is 0.868. The molecular weight excluding hydrogens is 352 g/mol. The molecule has 0 bridgehead atoms. The van der Waals surface area contributed by atoms with Gasteiger partial charge < -0.3 is 9.64 Å². The van der Waals surface area contributed by atoms with Crippen molar-refractivity contribution in [2.45, 2.75) is 31.7 Å².